The fourth-order valence-electron chi connectivity index (χ4n) is 4.40. The van der Waals surface area contributed by atoms with Crippen molar-refractivity contribution in [2.45, 2.75) is 58.2 Å². The van der Waals surface area contributed by atoms with E-state index in [9.17, 15) is 4.79 Å². The summed E-state index contributed by atoms with van der Waals surface area (Å²) in [5.41, 5.74) is 2.22. The highest BCUT2D eigenvalue weighted by Crippen LogP contribution is 2.43. The van der Waals surface area contributed by atoms with E-state index < -0.39 is 23.7 Å². The van der Waals surface area contributed by atoms with E-state index in [0.717, 1.165) is 22.2 Å². The van der Waals surface area contributed by atoms with Crippen LogP contribution in [-0.2, 0) is 14.7 Å². The standard InChI is InChI=1S/C23H24BClN2O3/c1-21(2)14-11-10-13(24-29-22(3,4)23(5,6)30-24)12-17(14)27-16-9-7-8-15(25)18(16)19(28)26-20(21)27/h7-12H,1-6H3. The molecule has 3 heterocycles. The predicted octanol–water partition coefficient (Wildman–Crippen LogP) is 3.98. The third kappa shape index (κ3) is 2.50. The average Bonchev–Trinajstić information content (AvgIpc) is 3.01. The first-order valence-electron chi connectivity index (χ1n) is 10.2. The van der Waals surface area contributed by atoms with Crippen molar-refractivity contribution in [1.29, 1.82) is 0 Å². The maximum atomic E-state index is 12.8. The molecule has 7 heteroatoms. The zero-order valence-electron chi connectivity index (χ0n) is 18.0. The fourth-order valence-corrected chi connectivity index (χ4v) is 4.65. The first kappa shape index (κ1) is 19.8. The number of rotatable bonds is 1. The Morgan fingerprint density at radius 2 is 1.67 bits per heavy atom. The summed E-state index contributed by atoms with van der Waals surface area (Å²) < 4.78 is 14.6. The average molecular weight is 423 g/mol. The van der Waals surface area contributed by atoms with Gasteiger partial charge in [-0.3, -0.25) is 9.36 Å². The number of nitrogens with zero attached hydrogens (tertiary/aromatic N) is 2. The fraction of sp³-hybridized carbons (Fsp3) is 0.391. The molecule has 5 nitrogen and oxygen atoms in total. The SMILES string of the molecule is CC1(C)c2ccc(B3OC(C)(C)C(C)(C)O3)cc2-n2c1nc(=O)c1c(Cl)cccc12. The van der Waals surface area contributed by atoms with Gasteiger partial charge in [-0.1, -0.05) is 29.8 Å². The maximum absolute atomic E-state index is 12.8. The summed E-state index contributed by atoms with van der Waals surface area (Å²) >= 11 is 6.37. The van der Waals surface area contributed by atoms with Gasteiger partial charge in [-0.2, -0.15) is 4.98 Å². The molecule has 1 aromatic heterocycles. The van der Waals surface area contributed by atoms with Crippen molar-refractivity contribution in [2.24, 2.45) is 0 Å². The van der Waals surface area contributed by atoms with Crippen LogP contribution in [0.5, 0.6) is 0 Å². The lowest BCUT2D eigenvalue weighted by Crippen LogP contribution is -2.41. The molecule has 0 atom stereocenters. The minimum atomic E-state index is -0.463. The van der Waals surface area contributed by atoms with E-state index in [0.29, 0.717) is 16.2 Å². The second-order valence-electron chi connectivity index (χ2n) is 9.70. The van der Waals surface area contributed by atoms with Crippen molar-refractivity contribution < 1.29 is 9.31 Å². The summed E-state index contributed by atoms with van der Waals surface area (Å²) in [6.07, 6.45) is 0. The molecular formula is C23H24BClN2O3. The molecule has 0 saturated carbocycles. The molecular weight excluding hydrogens is 399 g/mol. The number of fused-ring (bicyclic) bond motifs is 5. The third-order valence-corrected chi connectivity index (χ3v) is 7.20. The zero-order chi connectivity index (χ0) is 21.6. The van der Waals surface area contributed by atoms with Crippen LogP contribution < -0.4 is 11.0 Å². The van der Waals surface area contributed by atoms with Crippen molar-refractivity contribution in [3.05, 3.63) is 63.2 Å². The van der Waals surface area contributed by atoms with E-state index in [1.807, 2.05) is 50.5 Å². The molecule has 5 rings (SSSR count). The van der Waals surface area contributed by atoms with Crippen LogP contribution in [0.4, 0.5) is 0 Å². The van der Waals surface area contributed by atoms with Crippen LogP contribution in [0.2, 0.25) is 5.02 Å². The normalized spacial score (nSPS) is 20.4. The van der Waals surface area contributed by atoms with Gasteiger partial charge in [-0.05, 0) is 70.8 Å². The molecule has 2 aromatic carbocycles. The van der Waals surface area contributed by atoms with Gasteiger partial charge in [0.25, 0.3) is 5.56 Å². The van der Waals surface area contributed by atoms with Gasteiger partial charge in [0.1, 0.15) is 5.82 Å². The third-order valence-electron chi connectivity index (χ3n) is 6.89. The predicted molar refractivity (Wildman–Crippen MR) is 120 cm³/mol. The number of halogens is 1. The Bertz CT molecular complexity index is 1260. The zero-order valence-corrected chi connectivity index (χ0v) is 18.8. The molecule has 154 valence electrons. The number of hydrogen-bond donors (Lipinski definition) is 0. The van der Waals surface area contributed by atoms with Crippen LogP contribution in [0, 0.1) is 0 Å². The highest BCUT2D eigenvalue weighted by molar-refractivity contribution is 6.62. The quantitative estimate of drug-likeness (QED) is 0.557. The van der Waals surface area contributed by atoms with Gasteiger partial charge in [-0.15, -0.1) is 0 Å². The van der Waals surface area contributed by atoms with E-state index in [2.05, 4.69) is 31.0 Å². The Morgan fingerprint density at radius 3 is 2.33 bits per heavy atom. The monoisotopic (exact) mass is 422 g/mol. The van der Waals surface area contributed by atoms with Crippen LogP contribution in [0.15, 0.2) is 41.2 Å². The molecule has 1 fully saturated rings. The molecule has 0 spiro atoms. The Balaban J connectivity index is 1.75. The summed E-state index contributed by atoms with van der Waals surface area (Å²) in [6.45, 7) is 12.3. The molecule has 0 aliphatic carbocycles. The van der Waals surface area contributed by atoms with Gasteiger partial charge in [-0.25, -0.2) is 0 Å². The van der Waals surface area contributed by atoms with Crippen LogP contribution in [0.1, 0.15) is 52.9 Å². The van der Waals surface area contributed by atoms with Crippen LogP contribution in [0.3, 0.4) is 0 Å². The number of aromatic nitrogens is 2. The first-order chi connectivity index (χ1) is 13.9. The summed E-state index contributed by atoms with van der Waals surface area (Å²) in [5.74, 6) is 0.711. The van der Waals surface area contributed by atoms with Crippen LogP contribution in [-0.4, -0.2) is 27.9 Å². The molecule has 0 N–H and O–H groups in total. The van der Waals surface area contributed by atoms with E-state index in [1.165, 1.54) is 0 Å². The van der Waals surface area contributed by atoms with Crippen LogP contribution in [0.25, 0.3) is 16.6 Å². The number of hydrogen-bond acceptors (Lipinski definition) is 4. The summed E-state index contributed by atoms with van der Waals surface area (Å²) in [7, 11) is -0.463. The Labute approximate surface area is 181 Å². The Hall–Kier alpha value is -2.15. The minimum Gasteiger partial charge on any atom is -0.399 e. The Kier molecular flexibility index (Phi) is 3.94. The molecule has 0 unspecified atom stereocenters. The minimum absolute atomic E-state index is 0.297. The lowest BCUT2D eigenvalue weighted by molar-refractivity contribution is 0.00578. The second kappa shape index (κ2) is 5.97. The van der Waals surface area contributed by atoms with Gasteiger partial charge >= 0.3 is 7.12 Å². The van der Waals surface area contributed by atoms with Crippen molar-refractivity contribution in [3.8, 4) is 5.69 Å². The Morgan fingerprint density at radius 1 is 1.00 bits per heavy atom. The lowest BCUT2D eigenvalue weighted by atomic mass is 9.76. The highest BCUT2D eigenvalue weighted by Gasteiger charge is 2.52. The van der Waals surface area contributed by atoms with E-state index in [1.54, 1.807) is 6.07 Å². The highest BCUT2D eigenvalue weighted by atomic mass is 35.5. The molecule has 2 aliphatic rings. The van der Waals surface area contributed by atoms with Gasteiger partial charge in [0.15, 0.2) is 0 Å². The summed E-state index contributed by atoms with van der Waals surface area (Å²) in [6, 6.07) is 11.7. The molecule has 30 heavy (non-hydrogen) atoms. The smallest absolute Gasteiger partial charge is 0.399 e. The molecule has 2 aliphatic heterocycles. The molecule has 0 amide bonds. The topological polar surface area (TPSA) is 53.4 Å². The largest absolute Gasteiger partial charge is 0.494 e. The first-order valence-corrected chi connectivity index (χ1v) is 10.5. The van der Waals surface area contributed by atoms with Gasteiger partial charge in [0.2, 0.25) is 0 Å². The number of benzene rings is 2. The van der Waals surface area contributed by atoms with Crippen molar-refractivity contribution >= 4 is 35.1 Å². The van der Waals surface area contributed by atoms with Crippen molar-refractivity contribution in [2.75, 3.05) is 0 Å². The maximum Gasteiger partial charge on any atom is 0.494 e. The van der Waals surface area contributed by atoms with Gasteiger partial charge in [0, 0.05) is 0 Å². The lowest BCUT2D eigenvalue weighted by Gasteiger charge is -2.32. The van der Waals surface area contributed by atoms with Crippen LogP contribution >= 0.6 is 11.6 Å². The summed E-state index contributed by atoms with van der Waals surface area (Å²) in [4.78, 5) is 17.2. The van der Waals surface area contributed by atoms with Gasteiger partial charge < -0.3 is 9.31 Å². The van der Waals surface area contributed by atoms with Crippen molar-refractivity contribution in [1.82, 2.24) is 9.55 Å². The van der Waals surface area contributed by atoms with Crippen molar-refractivity contribution in [3.63, 3.8) is 0 Å². The van der Waals surface area contributed by atoms with E-state index >= 15 is 0 Å². The van der Waals surface area contributed by atoms with E-state index in [-0.39, 0.29) is 5.56 Å². The molecule has 0 radical (unpaired) electrons. The van der Waals surface area contributed by atoms with Gasteiger partial charge in [0.05, 0.1) is 38.2 Å². The molecule has 1 saturated heterocycles. The van der Waals surface area contributed by atoms with E-state index in [4.69, 9.17) is 20.9 Å². The molecule has 0 bridgehead atoms. The second-order valence-corrected chi connectivity index (χ2v) is 10.1. The molecule has 3 aromatic rings. The summed E-state index contributed by atoms with van der Waals surface area (Å²) in [5, 5.41) is 0.848.